The molecule has 0 unspecified atom stereocenters. The van der Waals surface area contributed by atoms with Gasteiger partial charge in [0.1, 0.15) is 17.5 Å². The van der Waals surface area contributed by atoms with Gasteiger partial charge in [-0.1, -0.05) is 0 Å². The first-order valence-electron chi connectivity index (χ1n) is 8.46. The summed E-state index contributed by atoms with van der Waals surface area (Å²) < 4.78 is 13.0. The van der Waals surface area contributed by atoms with Crippen molar-refractivity contribution in [3.8, 4) is 6.07 Å². The highest BCUT2D eigenvalue weighted by Crippen LogP contribution is 2.17. The van der Waals surface area contributed by atoms with Crippen LogP contribution in [-0.2, 0) is 9.59 Å². The number of carbonyl (C=O) groups is 2. The zero-order valence-corrected chi connectivity index (χ0v) is 14.4. The normalized spacial score (nSPS) is 14.5. The van der Waals surface area contributed by atoms with E-state index in [1.54, 1.807) is 17.0 Å². The minimum absolute atomic E-state index is 0.0589. The van der Waals surface area contributed by atoms with E-state index in [1.807, 2.05) is 6.07 Å². The second-order valence-electron chi connectivity index (χ2n) is 5.81. The predicted molar refractivity (Wildman–Crippen MR) is 95.6 cm³/mol. The number of benzene rings is 1. The van der Waals surface area contributed by atoms with Crippen LogP contribution in [0.3, 0.4) is 0 Å². The zero-order valence-electron chi connectivity index (χ0n) is 14.4. The Bertz CT molecular complexity index is 676. The molecule has 8 heteroatoms. The second kappa shape index (κ2) is 10.0. The number of hydrogen-bond donors (Lipinski definition) is 2. The first-order chi connectivity index (χ1) is 12.7. The fourth-order valence-electron chi connectivity index (χ4n) is 2.66. The molecule has 1 aromatic carbocycles. The number of amides is 2. The summed E-state index contributed by atoms with van der Waals surface area (Å²) in [6, 6.07) is 8.20. The monoisotopic (exact) mass is 359 g/mol. The van der Waals surface area contributed by atoms with Gasteiger partial charge in [0.25, 0.3) is 5.91 Å². The molecule has 0 saturated carbocycles. The van der Waals surface area contributed by atoms with E-state index in [9.17, 15) is 19.2 Å². The predicted octanol–water partition coefficient (Wildman–Crippen LogP) is 0.607. The van der Waals surface area contributed by atoms with Crippen molar-refractivity contribution in [2.75, 3.05) is 44.2 Å². The van der Waals surface area contributed by atoms with Crippen LogP contribution >= 0.6 is 0 Å². The standard InChI is InChI=1S/C18H22FN5O2/c19-16-2-4-17(5-3-16)23-8-10-24(11-9-23)18(26)15(12-20)13-21-6-1-7-22-14-25/h2-5,13-14,21H,1,6-11H2,(H,22,25)/b15-13-. The van der Waals surface area contributed by atoms with Crippen LogP contribution in [0.1, 0.15) is 6.42 Å². The van der Waals surface area contributed by atoms with Crippen molar-refractivity contribution in [3.63, 3.8) is 0 Å². The van der Waals surface area contributed by atoms with Crippen LogP contribution in [0.5, 0.6) is 0 Å². The molecule has 1 heterocycles. The maximum atomic E-state index is 13.0. The van der Waals surface area contributed by atoms with Crippen molar-refractivity contribution in [3.05, 3.63) is 41.9 Å². The van der Waals surface area contributed by atoms with E-state index in [4.69, 9.17) is 0 Å². The quantitative estimate of drug-likeness (QED) is 0.307. The smallest absolute Gasteiger partial charge is 0.266 e. The summed E-state index contributed by atoms with van der Waals surface area (Å²) >= 11 is 0. The molecular formula is C18H22FN5O2. The van der Waals surface area contributed by atoms with Crippen molar-refractivity contribution in [2.24, 2.45) is 0 Å². The molecule has 1 saturated heterocycles. The van der Waals surface area contributed by atoms with Crippen LogP contribution in [0, 0.1) is 17.1 Å². The minimum Gasteiger partial charge on any atom is -0.390 e. The second-order valence-corrected chi connectivity index (χ2v) is 5.81. The van der Waals surface area contributed by atoms with Crippen LogP contribution in [0.25, 0.3) is 0 Å². The molecule has 138 valence electrons. The first-order valence-corrected chi connectivity index (χ1v) is 8.46. The summed E-state index contributed by atoms with van der Waals surface area (Å²) in [6.45, 7) is 3.34. The fourth-order valence-corrected chi connectivity index (χ4v) is 2.66. The number of nitrogens with one attached hydrogen (secondary N) is 2. The molecule has 0 radical (unpaired) electrons. The summed E-state index contributed by atoms with van der Waals surface area (Å²) in [5.74, 6) is -0.578. The number of anilines is 1. The molecule has 1 aliphatic rings. The van der Waals surface area contributed by atoms with E-state index >= 15 is 0 Å². The topological polar surface area (TPSA) is 88.5 Å². The summed E-state index contributed by atoms with van der Waals surface area (Å²) in [6.07, 6.45) is 2.75. The van der Waals surface area contributed by atoms with E-state index < -0.39 is 0 Å². The van der Waals surface area contributed by atoms with Gasteiger partial charge in [0.15, 0.2) is 0 Å². The molecule has 0 aromatic heterocycles. The Hall–Kier alpha value is -3.08. The lowest BCUT2D eigenvalue weighted by atomic mass is 10.2. The number of piperazine rings is 1. The van der Waals surface area contributed by atoms with Crippen LogP contribution < -0.4 is 15.5 Å². The molecular weight excluding hydrogens is 337 g/mol. The van der Waals surface area contributed by atoms with E-state index in [-0.39, 0.29) is 17.3 Å². The van der Waals surface area contributed by atoms with Crippen LogP contribution in [0.2, 0.25) is 0 Å². The molecule has 2 N–H and O–H groups in total. The number of hydrogen-bond acceptors (Lipinski definition) is 5. The summed E-state index contributed by atoms with van der Waals surface area (Å²) in [4.78, 5) is 26.3. The SMILES string of the molecule is N#C/C(=C/NCCCNC=O)C(=O)N1CCN(c2ccc(F)cc2)CC1. The van der Waals surface area contributed by atoms with Gasteiger partial charge < -0.3 is 20.4 Å². The highest BCUT2D eigenvalue weighted by molar-refractivity contribution is 5.97. The third-order valence-electron chi connectivity index (χ3n) is 4.08. The summed E-state index contributed by atoms with van der Waals surface area (Å²) in [7, 11) is 0. The third-order valence-corrected chi connectivity index (χ3v) is 4.08. The Morgan fingerprint density at radius 1 is 1.15 bits per heavy atom. The number of carbonyl (C=O) groups excluding carboxylic acids is 2. The molecule has 26 heavy (non-hydrogen) atoms. The van der Waals surface area contributed by atoms with Crippen LogP contribution in [0.4, 0.5) is 10.1 Å². The summed E-state index contributed by atoms with van der Waals surface area (Å²) in [5.41, 5.74) is 0.976. The lowest BCUT2D eigenvalue weighted by Gasteiger charge is -2.36. The largest absolute Gasteiger partial charge is 0.390 e. The highest BCUT2D eigenvalue weighted by Gasteiger charge is 2.23. The Morgan fingerprint density at radius 3 is 2.42 bits per heavy atom. The molecule has 1 aromatic rings. The van der Waals surface area contributed by atoms with Crippen molar-refractivity contribution in [1.82, 2.24) is 15.5 Å². The lowest BCUT2D eigenvalue weighted by molar-refractivity contribution is -0.127. The van der Waals surface area contributed by atoms with Crippen molar-refractivity contribution < 1.29 is 14.0 Å². The summed E-state index contributed by atoms with van der Waals surface area (Å²) in [5, 5.41) is 14.7. The lowest BCUT2D eigenvalue weighted by Crippen LogP contribution is -2.49. The zero-order chi connectivity index (χ0) is 18.8. The Morgan fingerprint density at radius 2 is 1.81 bits per heavy atom. The molecule has 0 bridgehead atoms. The van der Waals surface area contributed by atoms with E-state index in [0.717, 1.165) is 5.69 Å². The maximum absolute atomic E-state index is 13.0. The third kappa shape index (κ3) is 5.48. The van der Waals surface area contributed by atoms with Gasteiger partial charge in [-0.05, 0) is 30.7 Å². The maximum Gasteiger partial charge on any atom is 0.266 e. The molecule has 0 spiro atoms. The Labute approximate surface area is 152 Å². The molecule has 2 rings (SSSR count). The molecule has 7 nitrogen and oxygen atoms in total. The number of nitriles is 1. The van der Waals surface area contributed by atoms with Gasteiger partial charge in [-0.15, -0.1) is 0 Å². The average Bonchev–Trinajstić information content (AvgIpc) is 2.68. The van der Waals surface area contributed by atoms with Gasteiger partial charge in [-0.25, -0.2) is 4.39 Å². The molecule has 2 amide bonds. The fraction of sp³-hybridized carbons (Fsp3) is 0.389. The van der Waals surface area contributed by atoms with Crippen molar-refractivity contribution in [1.29, 1.82) is 5.26 Å². The number of halogens is 1. The first kappa shape index (κ1) is 19.2. The number of nitrogens with zero attached hydrogens (tertiary/aromatic N) is 3. The van der Waals surface area contributed by atoms with Gasteiger partial charge in [0.05, 0.1) is 0 Å². The Balaban J connectivity index is 1.82. The molecule has 1 aliphatic heterocycles. The van der Waals surface area contributed by atoms with Gasteiger partial charge in [0.2, 0.25) is 6.41 Å². The van der Waals surface area contributed by atoms with Gasteiger partial charge in [0, 0.05) is 51.2 Å². The van der Waals surface area contributed by atoms with Gasteiger partial charge in [-0.3, -0.25) is 9.59 Å². The van der Waals surface area contributed by atoms with Gasteiger partial charge >= 0.3 is 0 Å². The van der Waals surface area contributed by atoms with Gasteiger partial charge in [-0.2, -0.15) is 5.26 Å². The number of rotatable bonds is 8. The molecule has 0 aliphatic carbocycles. The van der Waals surface area contributed by atoms with Crippen LogP contribution in [0.15, 0.2) is 36.0 Å². The molecule has 1 fully saturated rings. The Kier molecular flexibility index (Phi) is 7.43. The molecule has 0 atom stereocenters. The van der Waals surface area contributed by atoms with Crippen LogP contribution in [-0.4, -0.2) is 56.5 Å². The highest BCUT2D eigenvalue weighted by atomic mass is 19.1. The van der Waals surface area contributed by atoms with E-state index in [2.05, 4.69) is 15.5 Å². The van der Waals surface area contributed by atoms with E-state index in [1.165, 1.54) is 18.3 Å². The minimum atomic E-state index is -0.301. The average molecular weight is 359 g/mol. The van der Waals surface area contributed by atoms with Crippen molar-refractivity contribution in [2.45, 2.75) is 6.42 Å². The van der Waals surface area contributed by atoms with E-state index in [0.29, 0.717) is 52.1 Å². The van der Waals surface area contributed by atoms with Crippen molar-refractivity contribution >= 4 is 18.0 Å².